The largest absolute Gasteiger partial charge is 0.471 e. The fourth-order valence-corrected chi connectivity index (χ4v) is 0.265. The molecule has 0 amide bonds. The van der Waals surface area contributed by atoms with Crippen LogP contribution in [0.2, 0.25) is 0 Å². The molecule has 49 valence electrons. The third-order valence-corrected chi connectivity index (χ3v) is 0.567. The number of halogens is 3. The Labute approximate surface area is 47.5 Å². The maximum Gasteiger partial charge on any atom is 0.471 e. The summed E-state index contributed by atoms with van der Waals surface area (Å²) in [7, 11) is 0. The Morgan fingerprint density at radius 1 is 1.44 bits per heavy atom. The number of hydrogen-bond acceptors (Lipinski definition) is 3. The van der Waals surface area contributed by atoms with Crippen LogP contribution in [0.1, 0.15) is 5.89 Å². The van der Waals surface area contributed by atoms with Gasteiger partial charge in [0.2, 0.25) is 6.33 Å². The van der Waals surface area contributed by atoms with E-state index in [4.69, 9.17) is 0 Å². The summed E-state index contributed by atoms with van der Waals surface area (Å²) in [6, 6.07) is 0. The second-order valence-electron chi connectivity index (χ2n) is 1.20. The molecular formula is C3F3N2O. The zero-order valence-corrected chi connectivity index (χ0v) is 3.94. The molecule has 0 spiro atoms. The molecule has 0 saturated carbocycles. The molecule has 0 bridgehead atoms. The minimum Gasteiger partial charge on any atom is -0.329 e. The molecule has 0 unspecified atom stereocenters. The van der Waals surface area contributed by atoms with Crippen LogP contribution < -0.4 is 0 Å². The summed E-state index contributed by atoms with van der Waals surface area (Å²) in [4.78, 5) is 2.66. The minimum atomic E-state index is -4.55. The van der Waals surface area contributed by atoms with Crippen LogP contribution in [-0.2, 0) is 6.18 Å². The molecule has 0 atom stereocenters. The third-order valence-electron chi connectivity index (χ3n) is 0.567. The zero-order chi connectivity index (χ0) is 6.91. The van der Waals surface area contributed by atoms with Gasteiger partial charge in [0.05, 0.1) is 0 Å². The standard InChI is InChI=1S/C3F3N2O/c4-3(5,6)2-7-1-8-9-2. The van der Waals surface area contributed by atoms with Crippen molar-refractivity contribution in [2.45, 2.75) is 6.18 Å². The highest BCUT2D eigenvalue weighted by Crippen LogP contribution is 2.26. The lowest BCUT2D eigenvalue weighted by atomic mass is 10.7. The van der Waals surface area contributed by atoms with Crippen molar-refractivity contribution in [2.24, 2.45) is 0 Å². The van der Waals surface area contributed by atoms with Gasteiger partial charge in [0, 0.05) is 0 Å². The summed E-state index contributed by atoms with van der Waals surface area (Å²) in [6.45, 7) is 0. The van der Waals surface area contributed by atoms with Crippen molar-refractivity contribution in [2.75, 3.05) is 0 Å². The molecule has 1 aromatic heterocycles. The average Bonchev–Trinajstić information content (AvgIpc) is 2.08. The molecule has 3 nitrogen and oxygen atoms in total. The number of aromatic nitrogens is 2. The molecule has 9 heavy (non-hydrogen) atoms. The van der Waals surface area contributed by atoms with E-state index < -0.39 is 12.1 Å². The fourth-order valence-electron chi connectivity index (χ4n) is 0.265. The van der Waals surface area contributed by atoms with Crippen molar-refractivity contribution in [3.8, 4) is 0 Å². The first kappa shape index (κ1) is 6.06. The minimum absolute atomic E-state index is 1.37. The van der Waals surface area contributed by atoms with Crippen LogP contribution in [0.25, 0.3) is 0 Å². The van der Waals surface area contributed by atoms with E-state index in [1.165, 1.54) is 0 Å². The van der Waals surface area contributed by atoms with E-state index in [-0.39, 0.29) is 0 Å². The molecule has 1 aromatic rings. The van der Waals surface area contributed by atoms with E-state index in [2.05, 4.69) is 14.7 Å². The molecule has 6 heteroatoms. The number of nitrogens with zero attached hydrogens (tertiary/aromatic N) is 2. The molecule has 0 aromatic carbocycles. The summed E-state index contributed by atoms with van der Waals surface area (Å²) in [5.41, 5.74) is 0. The zero-order valence-electron chi connectivity index (χ0n) is 3.94. The van der Waals surface area contributed by atoms with Crippen molar-refractivity contribution in [3.63, 3.8) is 0 Å². The number of rotatable bonds is 0. The van der Waals surface area contributed by atoms with Crippen molar-refractivity contribution < 1.29 is 17.7 Å². The summed E-state index contributed by atoms with van der Waals surface area (Å²) in [5, 5.41) is 2.66. The van der Waals surface area contributed by atoms with Gasteiger partial charge in [-0.25, -0.2) is 0 Å². The molecule has 0 aliphatic heterocycles. The van der Waals surface area contributed by atoms with E-state index in [0.717, 1.165) is 0 Å². The fraction of sp³-hybridized carbons (Fsp3) is 0.333. The van der Waals surface area contributed by atoms with Crippen molar-refractivity contribution >= 4 is 0 Å². The Kier molecular flexibility index (Phi) is 1.15. The molecule has 1 heterocycles. The van der Waals surface area contributed by atoms with Gasteiger partial charge in [-0.2, -0.15) is 18.2 Å². The van der Waals surface area contributed by atoms with Crippen LogP contribution in [0.3, 0.4) is 0 Å². The van der Waals surface area contributed by atoms with Gasteiger partial charge < -0.3 is 4.52 Å². The van der Waals surface area contributed by atoms with Gasteiger partial charge in [-0.05, 0) is 0 Å². The van der Waals surface area contributed by atoms with E-state index in [1.807, 2.05) is 0 Å². The van der Waals surface area contributed by atoms with Gasteiger partial charge in [-0.1, -0.05) is 5.16 Å². The second-order valence-corrected chi connectivity index (χ2v) is 1.20. The van der Waals surface area contributed by atoms with Crippen molar-refractivity contribution in [3.05, 3.63) is 12.2 Å². The van der Waals surface area contributed by atoms with Crippen LogP contribution in [-0.4, -0.2) is 10.1 Å². The Morgan fingerprint density at radius 3 is 2.33 bits per heavy atom. The van der Waals surface area contributed by atoms with Crippen LogP contribution >= 0.6 is 0 Å². The van der Waals surface area contributed by atoms with E-state index in [9.17, 15) is 13.2 Å². The third kappa shape index (κ3) is 1.18. The molecule has 1 radical (unpaired) electrons. The number of alkyl halides is 3. The normalized spacial score (nSPS) is 11.9. The summed E-state index contributed by atoms with van der Waals surface area (Å²) < 4.78 is 37.9. The highest BCUT2D eigenvalue weighted by molar-refractivity contribution is 4.79. The summed E-state index contributed by atoms with van der Waals surface area (Å²) >= 11 is 0. The number of hydrogen-bond donors (Lipinski definition) is 0. The van der Waals surface area contributed by atoms with E-state index >= 15 is 0 Å². The van der Waals surface area contributed by atoms with Gasteiger partial charge in [0.15, 0.2) is 0 Å². The van der Waals surface area contributed by atoms with Crippen molar-refractivity contribution in [1.29, 1.82) is 0 Å². The van der Waals surface area contributed by atoms with Gasteiger partial charge in [-0.3, -0.25) is 0 Å². The predicted molar refractivity (Wildman–Crippen MR) is 18.1 cm³/mol. The summed E-state index contributed by atoms with van der Waals surface area (Å²) in [6.07, 6.45) is -2.90. The Morgan fingerprint density at radius 2 is 2.11 bits per heavy atom. The van der Waals surface area contributed by atoms with Gasteiger partial charge in [-0.15, -0.1) is 0 Å². The maximum atomic E-state index is 11.4. The lowest BCUT2D eigenvalue weighted by Gasteiger charge is -1.94. The van der Waals surface area contributed by atoms with Crippen LogP contribution in [0.15, 0.2) is 4.52 Å². The van der Waals surface area contributed by atoms with E-state index in [0.29, 0.717) is 0 Å². The van der Waals surface area contributed by atoms with Crippen LogP contribution in [0.5, 0.6) is 0 Å². The first-order valence-corrected chi connectivity index (χ1v) is 1.87. The SMILES string of the molecule is FC(F)(F)c1n[c]no1. The molecule has 0 aliphatic carbocycles. The summed E-state index contributed by atoms with van der Waals surface area (Å²) in [5.74, 6) is -1.37. The Hall–Kier alpha value is -1.07. The molecular weight excluding hydrogens is 137 g/mol. The average molecular weight is 137 g/mol. The topological polar surface area (TPSA) is 38.9 Å². The first-order valence-electron chi connectivity index (χ1n) is 1.87. The predicted octanol–water partition coefficient (Wildman–Crippen LogP) is 0.889. The highest BCUT2D eigenvalue weighted by Gasteiger charge is 2.37. The Balaban J connectivity index is 2.90. The van der Waals surface area contributed by atoms with Gasteiger partial charge in [0.1, 0.15) is 0 Å². The molecule has 0 fully saturated rings. The second kappa shape index (κ2) is 1.71. The van der Waals surface area contributed by atoms with Crippen LogP contribution in [0, 0.1) is 6.33 Å². The van der Waals surface area contributed by atoms with Gasteiger partial charge >= 0.3 is 12.1 Å². The molecule has 1 rings (SSSR count). The highest BCUT2D eigenvalue weighted by atomic mass is 19.4. The van der Waals surface area contributed by atoms with Gasteiger partial charge in [0.25, 0.3) is 0 Å². The lowest BCUT2D eigenvalue weighted by molar-refractivity contribution is -0.159. The van der Waals surface area contributed by atoms with Crippen LogP contribution in [0.4, 0.5) is 13.2 Å². The molecule has 0 N–H and O–H groups in total. The lowest BCUT2D eigenvalue weighted by Crippen LogP contribution is -2.04. The quantitative estimate of drug-likeness (QED) is 0.532. The van der Waals surface area contributed by atoms with E-state index in [1.54, 1.807) is 6.33 Å². The first-order chi connectivity index (χ1) is 4.11. The smallest absolute Gasteiger partial charge is 0.329 e. The monoisotopic (exact) mass is 137 g/mol. The maximum absolute atomic E-state index is 11.4. The van der Waals surface area contributed by atoms with Crippen molar-refractivity contribution in [1.82, 2.24) is 10.1 Å². The Bertz CT molecular complexity index is 179. The molecule has 0 saturated heterocycles. The molecule has 0 aliphatic rings.